The highest BCUT2D eigenvalue weighted by Gasteiger charge is 2.39. The van der Waals surface area contributed by atoms with E-state index in [2.05, 4.69) is 4.98 Å². The van der Waals surface area contributed by atoms with Gasteiger partial charge in [0.1, 0.15) is 0 Å². The van der Waals surface area contributed by atoms with E-state index in [0.717, 1.165) is 0 Å². The quantitative estimate of drug-likeness (QED) is 0.678. The highest BCUT2D eigenvalue weighted by Crippen LogP contribution is 2.34. The average Bonchev–Trinajstić information content (AvgIpc) is 2.00. The normalized spacial score (nSPS) is 12.3. The van der Waals surface area contributed by atoms with E-state index in [1.807, 2.05) is 0 Å². The van der Waals surface area contributed by atoms with Crippen LogP contribution in [0.4, 0.5) is 30.7 Å². The lowest BCUT2D eigenvalue weighted by atomic mass is 10.2. The van der Waals surface area contributed by atoms with Crippen LogP contribution in [0.25, 0.3) is 0 Å². The van der Waals surface area contributed by atoms with Crippen LogP contribution in [0, 0.1) is 11.6 Å². The number of rotatable bonds is 1. The van der Waals surface area contributed by atoms with E-state index in [-0.39, 0.29) is 6.20 Å². The van der Waals surface area contributed by atoms with Crippen molar-refractivity contribution in [3.05, 3.63) is 29.1 Å². The van der Waals surface area contributed by atoms with Gasteiger partial charge in [-0.1, -0.05) is 0 Å². The van der Waals surface area contributed by atoms with Crippen molar-refractivity contribution in [2.75, 3.05) is 0 Å². The Hall–Kier alpha value is -1.34. The van der Waals surface area contributed by atoms with Crippen LogP contribution in [0.3, 0.4) is 0 Å². The third-order valence-electron chi connectivity index (χ3n) is 1.50. The summed E-state index contributed by atoms with van der Waals surface area (Å²) in [6.45, 7) is 0. The summed E-state index contributed by atoms with van der Waals surface area (Å²) in [5.74, 6) is -4.19. The number of alkyl halides is 5. The van der Waals surface area contributed by atoms with Crippen molar-refractivity contribution in [2.45, 2.75) is 12.6 Å². The number of nitrogens with zero attached hydrogens (tertiary/aromatic N) is 1. The van der Waals surface area contributed by atoms with Gasteiger partial charge in [-0.3, -0.25) is 0 Å². The minimum Gasteiger partial charge on any atom is -0.246 e. The molecular weight excluding hydrogens is 231 g/mol. The predicted molar refractivity (Wildman–Crippen MR) is 34.1 cm³/mol. The Balaban J connectivity index is 3.42. The van der Waals surface area contributed by atoms with Crippen LogP contribution >= 0.6 is 0 Å². The zero-order valence-corrected chi connectivity index (χ0v) is 6.75. The fraction of sp³-hybridized carbons (Fsp3) is 0.286. The third kappa shape index (κ3) is 2.18. The smallest absolute Gasteiger partial charge is 0.246 e. The molecule has 15 heavy (non-hydrogen) atoms. The van der Waals surface area contributed by atoms with E-state index >= 15 is 0 Å². The molecule has 0 aliphatic heterocycles. The Labute approximate surface area is 78.5 Å². The first kappa shape index (κ1) is 11.7. The molecule has 0 bridgehead atoms. The standard InChI is InChI=1S/C7H2F7N/c8-2-1-15-5(7(12,13)14)4(9)3(2)6(10)11/h1,6H. The molecule has 84 valence electrons. The zero-order valence-electron chi connectivity index (χ0n) is 6.75. The van der Waals surface area contributed by atoms with Crippen molar-refractivity contribution in [3.8, 4) is 0 Å². The molecule has 1 nitrogen and oxygen atoms in total. The summed E-state index contributed by atoms with van der Waals surface area (Å²) >= 11 is 0. The molecule has 1 rings (SSSR count). The van der Waals surface area contributed by atoms with Crippen molar-refractivity contribution in [1.29, 1.82) is 0 Å². The van der Waals surface area contributed by atoms with Crippen LogP contribution in [0.15, 0.2) is 6.20 Å². The fourth-order valence-corrected chi connectivity index (χ4v) is 0.877. The van der Waals surface area contributed by atoms with Crippen molar-refractivity contribution in [2.24, 2.45) is 0 Å². The molecule has 0 aliphatic carbocycles. The van der Waals surface area contributed by atoms with Gasteiger partial charge in [-0.05, 0) is 0 Å². The van der Waals surface area contributed by atoms with E-state index < -0.39 is 35.5 Å². The molecule has 0 aliphatic rings. The molecule has 0 spiro atoms. The van der Waals surface area contributed by atoms with Gasteiger partial charge in [0.05, 0.1) is 11.8 Å². The zero-order chi connectivity index (χ0) is 11.8. The largest absolute Gasteiger partial charge is 0.436 e. The molecule has 0 saturated heterocycles. The van der Waals surface area contributed by atoms with Crippen molar-refractivity contribution in [3.63, 3.8) is 0 Å². The molecule has 0 unspecified atom stereocenters. The molecule has 1 heterocycles. The summed E-state index contributed by atoms with van der Waals surface area (Å²) in [4.78, 5) is 2.38. The van der Waals surface area contributed by atoms with E-state index in [1.165, 1.54) is 0 Å². The van der Waals surface area contributed by atoms with Gasteiger partial charge in [0.25, 0.3) is 6.43 Å². The number of aromatic nitrogens is 1. The van der Waals surface area contributed by atoms with Crippen LogP contribution in [-0.4, -0.2) is 4.98 Å². The minimum absolute atomic E-state index is 0.0899. The number of pyridine rings is 1. The Bertz CT molecular complexity index is 370. The Morgan fingerprint density at radius 3 is 2.07 bits per heavy atom. The van der Waals surface area contributed by atoms with E-state index in [4.69, 9.17) is 0 Å². The number of hydrogen-bond acceptors (Lipinski definition) is 1. The first-order chi connectivity index (χ1) is 6.75. The molecule has 0 radical (unpaired) electrons. The lowest BCUT2D eigenvalue weighted by Gasteiger charge is -2.10. The van der Waals surface area contributed by atoms with Gasteiger partial charge in [0.2, 0.25) is 0 Å². The van der Waals surface area contributed by atoms with Crippen LogP contribution in [0.5, 0.6) is 0 Å². The maximum Gasteiger partial charge on any atom is 0.436 e. The molecular formula is C7H2F7N. The topological polar surface area (TPSA) is 12.9 Å². The SMILES string of the molecule is Fc1cnc(C(F)(F)F)c(F)c1C(F)F. The van der Waals surface area contributed by atoms with E-state index in [1.54, 1.807) is 0 Å². The molecule has 1 aromatic heterocycles. The van der Waals surface area contributed by atoms with Crippen LogP contribution in [0.1, 0.15) is 17.7 Å². The summed E-state index contributed by atoms with van der Waals surface area (Å²) in [5.41, 5.74) is -4.07. The highest BCUT2D eigenvalue weighted by molar-refractivity contribution is 5.23. The summed E-state index contributed by atoms with van der Waals surface area (Å²) in [7, 11) is 0. The minimum atomic E-state index is -5.23. The third-order valence-corrected chi connectivity index (χ3v) is 1.50. The second-order valence-corrected chi connectivity index (χ2v) is 2.48. The molecule has 0 atom stereocenters. The van der Waals surface area contributed by atoms with Gasteiger partial charge in [-0.15, -0.1) is 0 Å². The van der Waals surface area contributed by atoms with Crippen LogP contribution < -0.4 is 0 Å². The summed E-state index contributed by atoms with van der Waals surface area (Å²) < 4.78 is 85.1. The van der Waals surface area contributed by atoms with Gasteiger partial charge in [0.15, 0.2) is 17.3 Å². The molecule has 0 amide bonds. The lowest BCUT2D eigenvalue weighted by Crippen LogP contribution is -2.14. The van der Waals surface area contributed by atoms with Crippen LogP contribution in [0.2, 0.25) is 0 Å². The van der Waals surface area contributed by atoms with E-state index in [9.17, 15) is 30.7 Å². The summed E-state index contributed by atoms with van der Waals surface area (Å²) in [6.07, 6.45) is -9.00. The van der Waals surface area contributed by atoms with Crippen molar-refractivity contribution in [1.82, 2.24) is 4.98 Å². The summed E-state index contributed by atoms with van der Waals surface area (Å²) in [6, 6.07) is 0. The fourth-order valence-electron chi connectivity index (χ4n) is 0.877. The maximum absolute atomic E-state index is 12.8. The first-order valence-electron chi connectivity index (χ1n) is 3.44. The maximum atomic E-state index is 12.8. The molecule has 0 aromatic carbocycles. The molecule has 0 saturated carbocycles. The Morgan fingerprint density at radius 2 is 1.67 bits per heavy atom. The molecule has 8 heteroatoms. The van der Waals surface area contributed by atoms with Gasteiger partial charge >= 0.3 is 6.18 Å². The molecule has 0 N–H and O–H groups in total. The number of halogens is 7. The second kappa shape index (κ2) is 3.67. The van der Waals surface area contributed by atoms with Gasteiger partial charge in [-0.25, -0.2) is 22.5 Å². The van der Waals surface area contributed by atoms with Crippen molar-refractivity contribution < 1.29 is 30.7 Å². The average molecular weight is 233 g/mol. The second-order valence-electron chi connectivity index (χ2n) is 2.48. The van der Waals surface area contributed by atoms with Gasteiger partial charge in [0, 0.05) is 0 Å². The van der Waals surface area contributed by atoms with E-state index in [0.29, 0.717) is 0 Å². The predicted octanol–water partition coefficient (Wildman–Crippen LogP) is 3.32. The van der Waals surface area contributed by atoms with Crippen LogP contribution in [-0.2, 0) is 6.18 Å². The molecule has 0 fully saturated rings. The highest BCUT2D eigenvalue weighted by atomic mass is 19.4. The number of hydrogen-bond donors (Lipinski definition) is 0. The first-order valence-corrected chi connectivity index (χ1v) is 3.44. The summed E-state index contributed by atoms with van der Waals surface area (Å²) in [5, 5.41) is 0. The van der Waals surface area contributed by atoms with Crippen molar-refractivity contribution >= 4 is 0 Å². The van der Waals surface area contributed by atoms with Gasteiger partial charge < -0.3 is 0 Å². The monoisotopic (exact) mass is 233 g/mol. The molecule has 1 aromatic rings. The Kier molecular flexibility index (Phi) is 2.87. The lowest BCUT2D eigenvalue weighted by molar-refractivity contribution is -0.144. The Morgan fingerprint density at radius 1 is 1.13 bits per heavy atom. The van der Waals surface area contributed by atoms with Gasteiger partial charge in [-0.2, -0.15) is 13.2 Å².